The van der Waals surface area contributed by atoms with Gasteiger partial charge in [0, 0.05) is 19.0 Å². The third-order valence-corrected chi connectivity index (χ3v) is 3.95. The molecule has 2 N–H and O–H groups in total. The maximum absolute atomic E-state index is 12.9. The molecule has 2 atom stereocenters. The highest BCUT2D eigenvalue weighted by molar-refractivity contribution is 5.75. The van der Waals surface area contributed by atoms with Crippen molar-refractivity contribution in [2.24, 2.45) is 5.92 Å². The van der Waals surface area contributed by atoms with Crippen LogP contribution >= 0.6 is 0 Å². The largest absolute Gasteiger partial charge is 0.481 e. The van der Waals surface area contributed by atoms with Gasteiger partial charge < -0.3 is 15.1 Å². The molecule has 0 aromatic heterocycles. The van der Waals surface area contributed by atoms with Crippen molar-refractivity contribution < 1.29 is 46.1 Å². The summed E-state index contributed by atoms with van der Waals surface area (Å²) in [4.78, 5) is 22.9. The van der Waals surface area contributed by atoms with Crippen LogP contribution in [0.5, 0.6) is 0 Å². The molecule has 25 heavy (non-hydrogen) atoms. The number of hydrogen-bond acceptors (Lipinski definition) is 2. The van der Waals surface area contributed by atoms with Gasteiger partial charge in [0.15, 0.2) is 0 Å². The number of likely N-dealkylation sites (tertiary alicyclic amines) is 1. The first kappa shape index (κ1) is 18.9. The van der Waals surface area contributed by atoms with E-state index in [1.807, 2.05) is 0 Å². The normalized spacial score (nSPS) is 21.4. The molecule has 1 amide bonds. The third-order valence-electron chi connectivity index (χ3n) is 3.95. The first-order chi connectivity index (χ1) is 11.3. The second-order valence-corrected chi connectivity index (χ2v) is 5.58. The highest BCUT2D eigenvalue weighted by atomic mass is 19.4. The highest BCUT2D eigenvalue weighted by Gasteiger charge is 2.43. The molecule has 0 spiro atoms. The molecule has 2 rings (SSSR count). The lowest BCUT2D eigenvalue weighted by atomic mass is 9.87. The summed E-state index contributed by atoms with van der Waals surface area (Å²) in [7, 11) is 0. The number of rotatable bonds is 2. The Labute approximate surface area is 136 Å². The van der Waals surface area contributed by atoms with Gasteiger partial charge in [0.25, 0.3) is 0 Å². The van der Waals surface area contributed by atoms with E-state index in [0.29, 0.717) is 17.0 Å². The number of carbonyl (C=O) groups is 2. The van der Waals surface area contributed by atoms with Crippen LogP contribution in [0.2, 0.25) is 0 Å². The van der Waals surface area contributed by atoms with Crippen molar-refractivity contribution >= 4 is 12.1 Å². The molecule has 1 aliphatic heterocycles. The molecule has 1 aromatic rings. The van der Waals surface area contributed by atoms with Gasteiger partial charge in [-0.2, -0.15) is 26.3 Å². The summed E-state index contributed by atoms with van der Waals surface area (Å²) in [6.07, 6.45) is -11.6. The van der Waals surface area contributed by atoms with Gasteiger partial charge in [0.1, 0.15) is 0 Å². The van der Waals surface area contributed by atoms with E-state index in [9.17, 15) is 35.9 Å². The average molecular weight is 371 g/mol. The second kappa shape index (κ2) is 6.12. The van der Waals surface area contributed by atoms with Gasteiger partial charge in [-0.1, -0.05) is 0 Å². The Kier molecular flexibility index (Phi) is 4.62. The fourth-order valence-corrected chi connectivity index (χ4v) is 2.74. The second-order valence-electron chi connectivity index (χ2n) is 5.58. The van der Waals surface area contributed by atoms with E-state index in [1.54, 1.807) is 0 Å². The Morgan fingerprint density at radius 2 is 1.40 bits per heavy atom. The molecule has 0 saturated carbocycles. The van der Waals surface area contributed by atoms with Crippen LogP contribution in [0.4, 0.5) is 31.1 Å². The quantitative estimate of drug-likeness (QED) is 0.780. The molecular weight excluding hydrogens is 360 g/mol. The zero-order chi connectivity index (χ0) is 19.2. The van der Waals surface area contributed by atoms with Crippen molar-refractivity contribution in [1.82, 2.24) is 4.90 Å². The average Bonchev–Trinajstić information content (AvgIpc) is 2.90. The minimum absolute atomic E-state index is 0.0663. The first-order valence-corrected chi connectivity index (χ1v) is 6.80. The number of carboxylic acid groups (broad SMARTS) is 2. The van der Waals surface area contributed by atoms with E-state index in [1.165, 1.54) is 0 Å². The molecule has 1 aromatic carbocycles. The maximum Gasteiger partial charge on any atom is 0.416 e. The van der Waals surface area contributed by atoms with Gasteiger partial charge >= 0.3 is 24.4 Å². The Bertz CT molecular complexity index is 667. The zero-order valence-electron chi connectivity index (χ0n) is 12.2. The number of aliphatic carboxylic acids is 1. The molecule has 5 nitrogen and oxygen atoms in total. The molecule has 11 heteroatoms. The lowest BCUT2D eigenvalue weighted by molar-refractivity contribution is -0.143. The van der Waals surface area contributed by atoms with E-state index >= 15 is 0 Å². The van der Waals surface area contributed by atoms with Gasteiger partial charge in [-0.15, -0.1) is 0 Å². The molecule has 1 aliphatic rings. The third kappa shape index (κ3) is 3.97. The van der Waals surface area contributed by atoms with Crippen molar-refractivity contribution in [2.75, 3.05) is 13.1 Å². The van der Waals surface area contributed by atoms with Crippen molar-refractivity contribution in [1.29, 1.82) is 0 Å². The van der Waals surface area contributed by atoms with Crippen molar-refractivity contribution in [3.05, 3.63) is 34.9 Å². The highest BCUT2D eigenvalue weighted by Crippen LogP contribution is 2.40. The van der Waals surface area contributed by atoms with Crippen molar-refractivity contribution in [3.63, 3.8) is 0 Å². The van der Waals surface area contributed by atoms with E-state index in [-0.39, 0.29) is 6.07 Å². The van der Waals surface area contributed by atoms with Crippen molar-refractivity contribution in [3.8, 4) is 0 Å². The van der Waals surface area contributed by atoms with Crippen LogP contribution in [-0.2, 0) is 17.1 Å². The summed E-state index contributed by atoms with van der Waals surface area (Å²) in [6, 6.07) is 0.797. The Morgan fingerprint density at radius 3 is 1.76 bits per heavy atom. The molecule has 1 saturated heterocycles. The van der Waals surface area contributed by atoms with Crippen LogP contribution in [-0.4, -0.2) is 40.3 Å². The Morgan fingerprint density at radius 1 is 0.920 bits per heavy atom. The van der Waals surface area contributed by atoms with Crippen molar-refractivity contribution in [2.45, 2.75) is 18.3 Å². The monoisotopic (exact) mass is 371 g/mol. The molecule has 0 unspecified atom stereocenters. The van der Waals surface area contributed by atoms with Gasteiger partial charge in [-0.25, -0.2) is 4.79 Å². The molecule has 1 heterocycles. The number of amides is 1. The molecule has 138 valence electrons. The number of hydrogen-bond donors (Lipinski definition) is 2. The first-order valence-electron chi connectivity index (χ1n) is 6.80. The van der Waals surface area contributed by atoms with E-state index in [2.05, 4.69) is 0 Å². The molecule has 0 aliphatic carbocycles. The Balaban J connectivity index is 2.56. The topological polar surface area (TPSA) is 77.8 Å². The molecule has 0 radical (unpaired) electrons. The maximum atomic E-state index is 12.9. The predicted molar refractivity (Wildman–Crippen MR) is 69.9 cm³/mol. The summed E-state index contributed by atoms with van der Waals surface area (Å²) in [5.74, 6) is -4.27. The summed E-state index contributed by atoms with van der Waals surface area (Å²) >= 11 is 0. The SMILES string of the molecule is O=C(O)[C@H]1CN(C(=O)O)C[C@@H]1c1cc(C(F)(F)F)cc(C(F)(F)F)c1. The molecule has 1 fully saturated rings. The minimum atomic E-state index is -5.07. The lowest BCUT2D eigenvalue weighted by Crippen LogP contribution is -2.28. The van der Waals surface area contributed by atoms with E-state index in [4.69, 9.17) is 10.2 Å². The summed E-state index contributed by atoms with van der Waals surface area (Å²) in [5.41, 5.74) is -3.66. The summed E-state index contributed by atoms with van der Waals surface area (Å²) in [5, 5.41) is 18.1. The van der Waals surface area contributed by atoms with Gasteiger partial charge in [0.05, 0.1) is 17.0 Å². The summed E-state index contributed by atoms with van der Waals surface area (Å²) in [6.45, 7) is -1.03. The van der Waals surface area contributed by atoms with E-state index < -0.39 is 66.0 Å². The molecular formula is C14H11F6NO4. The zero-order valence-corrected chi connectivity index (χ0v) is 12.2. The van der Waals surface area contributed by atoms with Gasteiger partial charge in [-0.05, 0) is 23.8 Å². The standard InChI is InChI=1S/C14H11F6NO4/c15-13(16,17)7-1-6(2-8(3-7)14(18,19)20)9-4-21(12(24)25)5-10(9)11(22)23/h1-3,9-10H,4-5H2,(H,22,23)(H,24,25)/t9-,10+/m1/s1. The summed E-state index contributed by atoms with van der Waals surface area (Å²) < 4.78 is 77.4. The van der Waals surface area contributed by atoms with Crippen LogP contribution < -0.4 is 0 Å². The number of alkyl halides is 6. The molecule has 0 bridgehead atoms. The van der Waals surface area contributed by atoms with E-state index in [0.717, 1.165) is 0 Å². The number of nitrogens with zero attached hydrogens (tertiary/aromatic N) is 1. The number of carboxylic acids is 1. The number of halogens is 6. The van der Waals surface area contributed by atoms with Gasteiger partial charge in [-0.3, -0.25) is 4.79 Å². The van der Waals surface area contributed by atoms with Gasteiger partial charge in [0.2, 0.25) is 0 Å². The van der Waals surface area contributed by atoms with Crippen LogP contribution in [0.1, 0.15) is 22.6 Å². The van der Waals surface area contributed by atoms with Crippen LogP contribution in [0.3, 0.4) is 0 Å². The Hall–Kier alpha value is -2.46. The van der Waals surface area contributed by atoms with Crippen LogP contribution in [0.25, 0.3) is 0 Å². The number of benzene rings is 1. The van der Waals surface area contributed by atoms with Crippen LogP contribution in [0, 0.1) is 5.92 Å². The minimum Gasteiger partial charge on any atom is -0.481 e. The fraction of sp³-hybridized carbons (Fsp3) is 0.429. The predicted octanol–water partition coefficient (Wildman–Crippen LogP) is 3.50. The smallest absolute Gasteiger partial charge is 0.416 e. The van der Waals surface area contributed by atoms with Crippen LogP contribution in [0.15, 0.2) is 18.2 Å². The lowest BCUT2D eigenvalue weighted by Gasteiger charge is -2.19. The fourth-order valence-electron chi connectivity index (χ4n) is 2.74.